The van der Waals surface area contributed by atoms with Gasteiger partial charge >= 0.3 is 0 Å². The monoisotopic (exact) mass is 272 g/mol. The van der Waals surface area contributed by atoms with Gasteiger partial charge in [0, 0.05) is 24.2 Å². The van der Waals surface area contributed by atoms with Crippen molar-refractivity contribution in [3.05, 3.63) is 35.4 Å². The molecule has 0 bridgehead atoms. The number of hydrogen-bond acceptors (Lipinski definition) is 3. The number of benzene rings is 1. The van der Waals surface area contributed by atoms with Crippen molar-refractivity contribution in [1.29, 1.82) is 0 Å². The summed E-state index contributed by atoms with van der Waals surface area (Å²) in [6.45, 7) is 5.13. The minimum Gasteiger partial charge on any atom is -0.301 e. The number of rotatable bonds is 5. The molecule has 1 aromatic carbocycles. The second kappa shape index (κ2) is 6.06. The molecule has 1 saturated carbocycles. The molecule has 0 spiro atoms. The highest BCUT2D eigenvalue weighted by atomic mass is 16.1. The summed E-state index contributed by atoms with van der Waals surface area (Å²) in [5, 5.41) is 3.66. The molecule has 0 amide bonds. The molecular weight excluding hydrogens is 248 g/mol. The fourth-order valence-electron chi connectivity index (χ4n) is 3.27. The van der Waals surface area contributed by atoms with Gasteiger partial charge in [-0.25, -0.2) is 0 Å². The second-order valence-electron chi connectivity index (χ2n) is 6.13. The quantitative estimate of drug-likeness (QED) is 0.837. The van der Waals surface area contributed by atoms with E-state index in [0.717, 1.165) is 18.7 Å². The number of carbonyl (C=O) groups is 1. The molecule has 0 aromatic heterocycles. The Kier molecular flexibility index (Phi) is 4.18. The molecule has 0 unspecified atom stereocenters. The summed E-state index contributed by atoms with van der Waals surface area (Å²) in [7, 11) is 0. The van der Waals surface area contributed by atoms with E-state index in [9.17, 15) is 4.79 Å². The summed E-state index contributed by atoms with van der Waals surface area (Å²) >= 11 is 0. The van der Waals surface area contributed by atoms with Crippen molar-refractivity contribution >= 4 is 5.78 Å². The zero-order chi connectivity index (χ0) is 13.9. The van der Waals surface area contributed by atoms with Gasteiger partial charge in [0.2, 0.25) is 0 Å². The van der Waals surface area contributed by atoms with Crippen LogP contribution in [0.1, 0.15) is 54.4 Å². The average Bonchev–Trinajstić information content (AvgIpc) is 3.26. The van der Waals surface area contributed by atoms with E-state index in [-0.39, 0.29) is 5.78 Å². The number of nitrogens with one attached hydrogen (secondary N) is 1. The van der Waals surface area contributed by atoms with Gasteiger partial charge in [0.15, 0.2) is 5.78 Å². The SMILES string of the molecule is CC(=O)c1ccccc1[C@@H]1C[C@H]1NCN1CCCCC1. The molecular formula is C17H24N2O. The average molecular weight is 272 g/mol. The molecule has 3 nitrogen and oxygen atoms in total. The zero-order valence-electron chi connectivity index (χ0n) is 12.3. The van der Waals surface area contributed by atoms with Gasteiger partial charge in [-0.2, -0.15) is 0 Å². The van der Waals surface area contributed by atoms with Crippen LogP contribution in [0.15, 0.2) is 24.3 Å². The van der Waals surface area contributed by atoms with E-state index < -0.39 is 0 Å². The predicted octanol–water partition coefficient (Wildman–Crippen LogP) is 2.78. The lowest BCUT2D eigenvalue weighted by molar-refractivity contribution is 0.101. The molecule has 1 N–H and O–H groups in total. The van der Waals surface area contributed by atoms with Gasteiger partial charge in [0.25, 0.3) is 0 Å². The minimum absolute atomic E-state index is 0.183. The normalized spacial score (nSPS) is 26.4. The summed E-state index contributed by atoms with van der Waals surface area (Å²) < 4.78 is 0. The lowest BCUT2D eigenvalue weighted by Crippen LogP contribution is -2.39. The number of piperidine rings is 1. The minimum atomic E-state index is 0.183. The smallest absolute Gasteiger partial charge is 0.160 e. The van der Waals surface area contributed by atoms with Crippen molar-refractivity contribution < 1.29 is 4.79 Å². The fraction of sp³-hybridized carbons (Fsp3) is 0.588. The number of carbonyl (C=O) groups excluding carboxylic acids is 1. The van der Waals surface area contributed by atoms with Gasteiger partial charge in [0.1, 0.15) is 0 Å². The lowest BCUT2D eigenvalue weighted by atomic mass is 10.0. The maximum atomic E-state index is 11.7. The topological polar surface area (TPSA) is 32.3 Å². The van der Waals surface area contributed by atoms with Gasteiger partial charge in [-0.05, 0) is 44.8 Å². The van der Waals surface area contributed by atoms with Crippen LogP contribution in [0.5, 0.6) is 0 Å². The van der Waals surface area contributed by atoms with Crippen molar-refractivity contribution in [2.45, 2.75) is 44.6 Å². The third-order valence-corrected chi connectivity index (χ3v) is 4.56. The molecule has 0 radical (unpaired) electrons. The first-order chi connectivity index (χ1) is 9.75. The zero-order valence-corrected chi connectivity index (χ0v) is 12.3. The molecule has 2 fully saturated rings. The van der Waals surface area contributed by atoms with Crippen molar-refractivity contribution in [3.8, 4) is 0 Å². The molecule has 1 aromatic rings. The molecule has 20 heavy (non-hydrogen) atoms. The maximum Gasteiger partial charge on any atom is 0.160 e. The number of nitrogens with zero attached hydrogens (tertiary/aromatic N) is 1. The third kappa shape index (κ3) is 3.10. The Morgan fingerprint density at radius 3 is 2.75 bits per heavy atom. The van der Waals surface area contributed by atoms with Crippen molar-refractivity contribution in [3.63, 3.8) is 0 Å². The van der Waals surface area contributed by atoms with Crippen LogP contribution in [0.25, 0.3) is 0 Å². The van der Waals surface area contributed by atoms with Crippen molar-refractivity contribution in [1.82, 2.24) is 10.2 Å². The second-order valence-corrected chi connectivity index (χ2v) is 6.13. The number of Topliss-reactive ketones (excluding diaryl/α,β-unsaturated/α-hetero) is 1. The Labute approximate surface area is 121 Å². The van der Waals surface area contributed by atoms with Gasteiger partial charge in [-0.15, -0.1) is 0 Å². The summed E-state index contributed by atoms with van der Waals surface area (Å²) in [5.74, 6) is 0.710. The number of ketones is 1. The summed E-state index contributed by atoms with van der Waals surface area (Å²) in [5.41, 5.74) is 2.14. The van der Waals surface area contributed by atoms with E-state index >= 15 is 0 Å². The molecule has 1 heterocycles. The van der Waals surface area contributed by atoms with Crippen molar-refractivity contribution in [2.24, 2.45) is 0 Å². The van der Waals surface area contributed by atoms with E-state index in [1.807, 2.05) is 18.2 Å². The Morgan fingerprint density at radius 1 is 1.25 bits per heavy atom. The Hall–Kier alpha value is -1.19. The molecule has 2 aliphatic rings. The largest absolute Gasteiger partial charge is 0.301 e. The predicted molar refractivity (Wildman–Crippen MR) is 81.0 cm³/mol. The lowest BCUT2D eigenvalue weighted by Gasteiger charge is -2.26. The highest BCUT2D eigenvalue weighted by Gasteiger charge is 2.39. The Morgan fingerprint density at radius 2 is 2.00 bits per heavy atom. The molecule has 1 aliphatic heterocycles. The summed E-state index contributed by atoms with van der Waals surface area (Å²) in [6, 6.07) is 8.62. The van der Waals surface area contributed by atoms with E-state index in [4.69, 9.17) is 0 Å². The molecule has 1 aliphatic carbocycles. The van der Waals surface area contributed by atoms with E-state index in [0.29, 0.717) is 12.0 Å². The standard InChI is InChI=1S/C17H24N2O/c1-13(20)14-7-3-4-8-15(14)16-11-17(16)18-12-19-9-5-2-6-10-19/h3-4,7-8,16-18H,2,5-6,9-12H2,1H3/t16-,17+/m0/s1. The van der Waals surface area contributed by atoms with E-state index in [1.54, 1.807) is 6.92 Å². The summed E-state index contributed by atoms with van der Waals surface area (Å²) in [4.78, 5) is 14.2. The van der Waals surface area contributed by atoms with Crippen LogP contribution in [-0.4, -0.2) is 36.5 Å². The van der Waals surface area contributed by atoms with Crippen LogP contribution in [0.4, 0.5) is 0 Å². The maximum absolute atomic E-state index is 11.7. The number of hydrogen-bond donors (Lipinski definition) is 1. The fourth-order valence-corrected chi connectivity index (χ4v) is 3.27. The Bertz CT molecular complexity index is 480. The first kappa shape index (κ1) is 13.8. The molecule has 3 heteroatoms. The summed E-state index contributed by atoms with van der Waals surface area (Å²) in [6.07, 6.45) is 5.22. The van der Waals surface area contributed by atoms with Gasteiger partial charge < -0.3 is 5.32 Å². The molecule has 2 atom stereocenters. The van der Waals surface area contributed by atoms with Crippen LogP contribution in [-0.2, 0) is 0 Å². The number of likely N-dealkylation sites (tertiary alicyclic amines) is 1. The van der Waals surface area contributed by atoms with Crippen molar-refractivity contribution in [2.75, 3.05) is 19.8 Å². The third-order valence-electron chi connectivity index (χ3n) is 4.56. The van der Waals surface area contributed by atoms with E-state index in [2.05, 4.69) is 16.3 Å². The highest BCUT2D eigenvalue weighted by molar-refractivity contribution is 5.95. The molecule has 108 valence electrons. The molecule has 3 rings (SSSR count). The van der Waals surface area contributed by atoms with Crippen LogP contribution >= 0.6 is 0 Å². The van der Waals surface area contributed by atoms with Crippen LogP contribution in [0, 0.1) is 0 Å². The Balaban J connectivity index is 1.55. The van der Waals surface area contributed by atoms with Crippen LogP contribution in [0.2, 0.25) is 0 Å². The first-order valence-electron chi connectivity index (χ1n) is 7.81. The van der Waals surface area contributed by atoms with E-state index in [1.165, 1.54) is 37.9 Å². The van der Waals surface area contributed by atoms with Crippen LogP contribution < -0.4 is 5.32 Å². The highest BCUT2D eigenvalue weighted by Crippen LogP contribution is 2.42. The van der Waals surface area contributed by atoms with Gasteiger partial charge in [-0.3, -0.25) is 9.69 Å². The van der Waals surface area contributed by atoms with Gasteiger partial charge in [-0.1, -0.05) is 30.7 Å². The first-order valence-corrected chi connectivity index (χ1v) is 7.81. The van der Waals surface area contributed by atoms with Crippen LogP contribution in [0.3, 0.4) is 0 Å². The van der Waals surface area contributed by atoms with Gasteiger partial charge in [0.05, 0.1) is 0 Å². The molecule has 1 saturated heterocycles.